The second kappa shape index (κ2) is 5.13. The molecule has 1 unspecified atom stereocenters. The van der Waals surface area contributed by atoms with Crippen molar-refractivity contribution in [3.8, 4) is 0 Å². The van der Waals surface area contributed by atoms with Crippen LogP contribution in [-0.2, 0) is 6.54 Å². The Bertz CT molecular complexity index is 678. The molecule has 0 spiro atoms. The number of aliphatic hydroxyl groups excluding tert-OH is 1. The van der Waals surface area contributed by atoms with E-state index in [1.807, 2.05) is 67.3 Å². The zero-order valence-electron chi connectivity index (χ0n) is 11.8. The molecule has 1 N–H and O–H groups in total. The van der Waals surface area contributed by atoms with Crippen LogP contribution >= 0.6 is 0 Å². The fourth-order valence-electron chi connectivity index (χ4n) is 2.37. The molecule has 0 saturated heterocycles. The summed E-state index contributed by atoms with van der Waals surface area (Å²) in [4.78, 5) is 4.58. The largest absolute Gasteiger partial charge is 0.388 e. The first kappa shape index (κ1) is 12.9. The third-order valence-corrected chi connectivity index (χ3v) is 3.50. The Kier molecular flexibility index (Phi) is 3.32. The molecule has 4 heteroatoms. The number of imidazole rings is 1. The lowest BCUT2D eigenvalue weighted by Gasteiger charge is -2.12. The summed E-state index contributed by atoms with van der Waals surface area (Å²) in [5.41, 5.74) is 2.93. The summed E-state index contributed by atoms with van der Waals surface area (Å²) < 4.78 is 4.07. The number of rotatable bonds is 4. The standard InChI is InChI=1S/C16H19N3O/c1-12(2)16(20)13-6-8-18(9-13)10-14-11-19-7-4-3-5-15(19)17-14/h3-9,11-12,16,20H,10H2,1-2H3. The minimum Gasteiger partial charge on any atom is -0.388 e. The molecule has 0 bridgehead atoms. The first-order valence-corrected chi connectivity index (χ1v) is 6.90. The molecule has 0 amide bonds. The predicted octanol–water partition coefficient (Wildman–Crippen LogP) is 2.87. The molecular formula is C16H19N3O. The lowest BCUT2D eigenvalue weighted by molar-refractivity contribution is 0.127. The van der Waals surface area contributed by atoms with Gasteiger partial charge in [-0.15, -0.1) is 0 Å². The van der Waals surface area contributed by atoms with Crippen LogP contribution < -0.4 is 0 Å². The molecule has 4 nitrogen and oxygen atoms in total. The zero-order chi connectivity index (χ0) is 14.1. The average molecular weight is 269 g/mol. The van der Waals surface area contributed by atoms with Gasteiger partial charge in [-0.2, -0.15) is 0 Å². The smallest absolute Gasteiger partial charge is 0.137 e. The van der Waals surface area contributed by atoms with Crippen molar-refractivity contribution in [1.82, 2.24) is 14.0 Å². The maximum Gasteiger partial charge on any atom is 0.137 e. The van der Waals surface area contributed by atoms with Gasteiger partial charge in [-0.3, -0.25) is 0 Å². The number of fused-ring (bicyclic) bond motifs is 1. The summed E-state index contributed by atoms with van der Waals surface area (Å²) in [6.07, 6.45) is 7.61. The number of hydrogen-bond donors (Lipinski definition) is 1. The SMILES string of the molecule is CC(C)C(O)c1ccn(Cc2cn3ccccc3n2)c1. The Morgan fingerprint density at radius 2 is 2.00 bits per heavy atom. The topological polar surface area (TPSA) is 42.5 Å². The van der Waals surface area contributed by atoms with Gasteiger partial charge in [-0.1, -0.05) is 19.9 Å². The molecule has 1 atom stereocenters. The van der Waals surface area contributed by atoms with Gasteiger partial charge in [-0.25, -0.2) is 4.98 Å². The third kappa shape index (κ3) is 2.47. The van der Waals surface area contributed by atoms with E-state index < -0.39 is 6.10 Å². The minimum atomic E-state index is -0.405. The molecule has 0 saturated carbocycles. The van der Waals surface area contributed by atoms with Gasteiger partial charge >= 0.3 is 0 Å². The van der Waals surface area contributed by atoms with E-state index in [0.29, 0.717) is 6.54 Å². The molecular weight excluding hydrogens is 250 g/mol. The maximum atomic E-state index is 10.1. The van der Waals surface area contributed by atoms with Gasteiger partial charge in [0.2, 0.25) is 0 Å². The van der Waals surface area contributed by atoms with Crippen molar-refractivity contribution in [3.05, 3.63) is 60.3 Å². The summed E-state index contributed by atoms with van der Waals surface area (Å²) >= 11 is 0. The van der Waals surface area contributed by atoms with Crippen LogP contribution in [0.25, 0.3) is 5.65 Å². The first-order valence-electron chi connectivity index (χ1n) is 6.90. The molecule has 3 heterocycles. The van der Waals surface area contributed by atoms with Crippen LogP contribution in [0.2, 0.25) is 0 Å². The quantitative estimate of drug-likeness (QED) is 0.791. The van der Waals surface area contributed by atoms with Crippen molar-refractivity contribution in [1.29, 1.82) is 0 Å². The second-order valence-electron chi connectivity index (χ2n) is 5.50. The molecule has 0 fully saturated rings. The summed E-state index contributed by atoms with van der Waals surface area (Å²) in [6, 6.07) is 7.94. The Hall–Kier alpha value is -2.07. The molecule has 3 aromatic heterocycles. The number of hydrogen-bond acceptors (Lipinski definition) is 2. The number of pyridine rings is 1. The monoisotopic (exact) mass is 269 g/mol. The highest BCUT2D eigenvalue weighted by Crippen LogP contribution is 2.21. The van der Waals surface area contributed by atoms with Gasteiger partial charge in [0.25, 0.3) is 0 Å². The number of aromatic nitrogens is 3. The van der Waals surface area contributed by atoms with Gasteiger partial charge in [0.15, 0.2) is 0 Å². The van der Waals surface area contributed by atoms with E-state index in [4.69, 9.17) is 0 Å². The minimum absolute atomic E-state index is 0.223. The number of nitrogens with zero attached hydrogens (tertiary/aromatic N) is 3. The van der Waals surface area contributed by atoms with Crippen LogP contribution in [0.1, 0.15) is 31.2 Å². The van der Waals surface area contributed by atoms with Gasteiger partial charge < -0.3 is 14.1 Å². The van der Waals surface area contributed by atoms with Crippen LogP contribution in [0.5, 0.6) is 0 Å². The highest BCUT2D eigenvalue weighted by Gasteiger charge is 2.13. The summed E-state index contributed by atoms with van der Waals surface area (Å²) in [7, 11) is 0. The average Bonchev–Trinajstić information content (AvgIpc) is 3.03. The van der Waals surface area contributed by atoms with Crippen LogP contribution in [0.4, 0.5) is 0 Å². The Labute approximate surface area is 118 Å². The molecule has 104 valence electrons. The Morgan fingerprint density at radius 1 is 1.15 bits per heavy atom. The molecule has 20 heavy (non-hydrogen) atoms. The number of aliphatic hydroxyl groups is 1. The Morgan fingerprint density at radius 3 is 2.75 bits per heavy atom. The van der Waals surface area contributed by atoms with E-state index in [2.05, 4.69) is 9.55 Å². The summed E-state index contributed by atoms with van der Waals surface area (Å²) in [5, 5.41) is 10.1. The lowest BCUT2D eigenvalue weighted by atomic mass is 10.0. The van der Waals surface area contributed by atoms with E-state index in [1.54, 1.807) is 0 Å². The van der Waals surface area contributed by atoms with E-state index >= 15 is 0 Å². The molecule has 3 rings (SSSR count). The van der Waals surface area contributed by atoms with Crippen LogP contribution in [0.15, 0.2) is 49.1 Å². The molecule has 0 radical (unpaired) electrons. The molecule has 0 aliphatic rings. The van der Waals surface area contributed by atoms with Crippen molar-refractivity contribution in [2.75, 3.05) is 0 Å². The normalized spacial score (nSPS) is 13.2. The van der Waals surface area contributed by atoms with E-state index in [-0.39, 0.29) is 5.92 Å². The molecule has 0 aliphatic carbocycles. The van der Waals surface area contributed by atoms with E-state index in [1.165, 1.54) is 0 Å². The van der Waals surface area contributed by atoms with Crippen LogP contribution in [0.3, 0.4) is 0 Å². The molecule has 0 aromatic carbocycles. The van der Waals surface area contributed by atoms with Gasteiger partial charge in [0, 0.05) is 24.8 Å². The van der Waals surface area contributed by atoms with Crippen molar-refractivity contribution in [3.63, 3.8) is 0 Å². The van der Waals surface area contributed by atoms with E-state index in [9.17, 15) is 5.11 Å². The predicted molar refractivity (Wildman–Crippen MR) is 78.5 cm³/mol. The second-order valence-corrected chi connectivity index (χ2v) is 5.50. The summed E-state index contributed by atoms with van der Waals surface area (Å²) in [5.74, 6) is 0.223. The van der Waals surface area contributed by atoms with Crippen molar-refractivity contribution in [2.24, 2.45) is 5.92 Å². The highest BCUT2D eigenvalue weighted by atomic mass is 16.3. The van der Waals surface area contributed by atoms with E-state index in [0.717, 1.165) is 16.9 Å². The van der Waals surface area contributed by atoms with Gasteiger partial charge in [0.05, 0.1) is 18.3 Å². The summed E-state index contributed by atoms with van der Waals surface area (Å²) in [6.45, 7) is 4.75. The fourth-order valence-corrected chi connectivity index (χ4v) is 2.37. The molecule has 0 aliphatic heterocycles. The maximum absolute atomic E-state index is 10.1. The third-order valence-electron chi connectivity index (χ3n) is 3.50. The van der Waals surface area contributed by atoms with Crippen LogP contribution in [0, 0.1) is 5.92 Å². The fraction of sp³-hybridized carbons (Fsp3) is 0.312. The van der Waals surface area contributed by atoms with Crippen molar-refractivity contribution >= 4 is 5.65 Å². The van der Waals surface area contributed by atoms with Gasteiger partial charge in [0.1, 0.15) is 5.65 Å². The highest BCUT2D eigenvalue weighted by molar-refractivity contribution is 5.39. The van der Waals surface area contributed by atoms with Crippen LogP contribution in [-0.4, -0.2) is 19.1 Å². The lowest BCUT2D eigenvalue weighted by Crippen LogP contribution is -2.04. The Balaban J connectivity index is 1.81. The van der Waals surface area contributed by atoms with Gasteiger partial charge in [-0.05, 0) is 29.7 Å². The first-order chi connectivity index (χ1) is 9.63. The van der Waals surface area contributed by atoms with Crippen molar-refractivity contribution < 1.29 is 5.11 Å². The molecule has 3 aromatic rings. The zero-order valence-corrected chi connectivity index (χ0v) is 11.8. The van der Waals surface area contributed by atoms with Crippen molar-refractivity contribution in [2.45, 2.75) is 26.5 Å².